The van der Waals surface area contributed by atoms with Crippen molar-refractivity contribution in [1.82, 2.24) is 4.57 Å². The second-order valence-electron chi connectivity index (χ2n) is 7.53. The van der Waals surface area contributed by atoms with Crippen molar-refractivity contribution in [2.45, 2.75) is 38.6 Å². The number of thiazole rings is 1. The molecular weight excluding hydrogens is 408 g/mol. The summed E-state index contributed by atoms with van der Waals surface area (Å²) in [5.41, 5.74) is 1.63. The highest BCUT2D eigenvalue weighted by molar-refractivity contribution is 7.07. The second-order valence-corrected chi connectivity index (χ2v) is 8.37. The maximum atomic E-state index is 14.2. The first kappa shape index (κ1) is 20.4. The van der Waals surface area contributed by atoms with Crippen LogP contribution in [-0.2, 0) is 6.54 Å². The largest absolute Gasteiger partial charge is 0.316 e. The Hall–Kier alpha value is -2.87. The predicted octanol–water partition coefficient (Wildman–Crippen LogP) is 6.22. The number of hydrogen-bond donors (Lipinski definition) is 0. The zero-order valence-corrected chi connectivity index (χ0v) is 17.1. The minimum Gasteiger partial charge on any atom is -0.316 e. The standard InChI is InChI=1S/C22H21F2N3O2S/c23-17-9-10-20(19(24)12-17)25-22-26(13-15-5-2-1-3-6-15)21(14-30-22)16-7-4-8-18(11-16)27(28)29/h4,7-12,14-15H,1-3,5-6,13H2. The molecule has 0 saturated heterocycles. The number of nitrogens with zero attached hydrogens (tertiary/aromatic N) is 3. The van der Waals surface area contributed by atoms with E-state index in [1.165, 1.54) is 48.8 Å². The number of halogens is 2. The van der Waals surface area contributed by atoms with Gasteiger partial charge in [-0.05, 0) is 30.9 Å². The fourth-order valence-corrected chi connectivity index (χ4v) is 4.84. The van der Waals surface area contributed by atoms with E-state index in [1.807, 2.05) is 16.0 Å². The molecule has 1 heterocycles. The van der Waals surface area contributed by atoms with Crippen LogP contribution in [0.15, 0.2) is 52.8 Å². The molecule has 0 spiro atoms. The first-order valence-electron chi connectivity index (χ1n) is 9.94. The highest BCUT2D eigenvalue weighted by atomic mass is 32.1. The van der Waals surface area contributed by atoms with Crippen LogP contribution in [0.4, 0.5) is 20.2 Å². The molecule has 8 heteroatoms. The van der Waals surface area contributed by atoms with Gasteiger partial charge in [0.2, 0.25) is 0 Å². The van der Waals surface area contributed by atoms with E-state index < -0.39 is 16.6 Å². The molecule has 3 aromatic rings. The van der Waals surface area contributed by atoms with Gasteiger partial charge in [0.25, 0.3) is 5.69 Å². The van der Waals surface area contributed by atoms with E-state index in [1.54, 1.807) is 12.1 Å². The summed E-state index contributed by atoms with van der Waals surface area (Å²) in [7, 11) is 0. The monoisotopic (exact) mass is 429 g/mol. The maximum Gasteiger partial charge on any atom is 0.270 e. The topological polar surface area (TPSA) is 60.4 Å². The molecule has 0 bridgehead atoms. The number of hydrogen-bond acceptors (Lipinski definition) is 4. The molecule has 0 N–H and O–H groups in total. The molecule has 4 rings (SSSR count). The predicted molar refractivity (Wildman–Crippen MR) is 113 cm³/mol. The van der Waals surface area contributed by atoms with Gasteiger partial charge >= 0.3 is 0 Å². The summed E-state index contributed by atoms with van der Waals surface area (Å²) in [5, 5.41) is 13.1. The number of nitro groups is 1. The average Bonchev–Trinajstić information content (AvgIpc) is 3.13. The van der Waals surface area contributed by atoms with Crippen LogP contribution >= 0.6 is 11.3 Å². The molecule has 0 radical (unpaired) electrons. The number of aromatic nitrogens is 1. The van der Waals surface area contributed by atoms with Gasteiger partial charge in [-0.25, -0.2) is 13.8 Å². The lowest BCUT2D eigenvalue weighted by atomic mass is 9.89. The Balaban J connectivity index is 1.81. The molecule has 2 aromatic carbocycles. The van der Waals surface area contributed by atoms with Gasteiger partial charge in [0, 0.05) is 35.7 Å². The number of non-ortho nitro benzene ring substituents is 1. The maximum absolute atomic E-state index is 14.2. The van der Waals surface area contributed by atoms with Crippen molar-refractivity contribution >= 4 is 22.7 Å². The van der Waals surface area contributed by atoms with E-state index in [0.717, 1.165) is 30.2 Å². The van der Waals surface area contributed by atoms with Crippen LogP contribution < -0.4 is 4.80 Å². The molecule has 1 saturated carbocycles. The summed E-state index contributed by atoms with van der Waals surface area (Å²) in [4.78, 5) is 15.8. The first-order chi connectivity index (χ1) is 14.5. The van der Waals surface area contributed by atoms with Gasteiger partial charge in [-0.15, -0.1) is 11.3 Å². The Morgan fingerprint density at radius 1 is 1.13 bits per heavy atom. The normalized spacial score (nSPS) is 15.5. The average molecular weight is 429 g/mol. The molecular formula is C22H21F2N3O2S. The molecule has 1 aliphatic rings. The smallest absolute Gasteiger partial charge is 0.270 e. The number of benzene rings is 2. The van der Waals surface area contributed by atoms with Crippen LogP contribution in [0.25, 0.3) is 11.3 Å². The van der Waals surface area contributed by atoms with Crippen LogP contribution in [0, 0.1) is 27.7 Å². The van der Waals surface area contributed by atoms with Crippen molar-refractivity contribution in [3.8, 4) is 11.3 Å². The lowest BCUT2D eigenvalue weighted by Crippen LogP contribution is -2.22. The molecule has 0 unspecified atom stereocenters. The first-order valence-corrected chi connectivity index (χ1v) is 10.8. The van der Waals surface area contributed by atoms with Crippen molar-refractivity contribution in [3.05, 3.63) is 74.4 Å². The van der Waals surface area contributed by atoms with E-state index in [0.29, 0.717) is 17.3 Å². The summed E-state index contributed by atoms with van der Waals surface area (Å²) in [6.07, 6.45) is 5.82. The Morgan fingerprint density at radius 3 is 2.67 bits per heavy atom. The van der Waals surface area contributed by atoms with Crippen molar-refractivity contribution in [2.75, 3.05) is 0 Å². The zero-order chi connectivity index (χ0) is 21.1. The fourth-order valence-electron chi connectivity index (χ4n) is 3.91. The third-order valence-electron chi connectivity index (χ3n) is 5.44. The van der Waals surface area contributed by atoms with E-state index in [4.69, 9.17) is 0 Å². The lowest BCUT2D eigenvalue weighted by Gasteiger charge is -2.23. The summed E-state index contributed by atoms with van der Waals surface area (Å²) < 4.78 is 29.5. The van der Waals surface area contributed by atoms with E-state index in [2.05, 4.69) is 4.99 Å². The summed E-state index contributed by atoms with van der Waals surface area (Å²) in [6.45, 7) is 0.711. The van der Waals surface area contributed by atoms with E-state index >= 15 is 0 Å². The fraction of sp³-hybridized carbons (Fsp3) is 0.318. The van der Waals surface area contributed by atoms with Gasteiger partial charge < -0.3 is 4.57 Å². The van der Waals surface area contributed by atoms with Gasteiger partial charge in [-0.3, -0.25) is 10.1 Å². The SMILES string of the molecule is O=[N+]([O-])c1cccc(-c2csc(=Nc3ccc(F)cc3F)n2CC2CCCCC2)c1. The third-order valence-corrected chi connectivity index (χ3v) is 6.31. The second kappa shape index (κ2) is 8.87. The van der Waals surface area contributed by atoms with Gasteiger partial charge in [-0.2, -0.15) is 0 Å². The Labute approximate surface area is 176 Å². The Kier molecular flexibility index (Phi) is 6.03. The van der Waals surface area contributed by atoms with Crippen molar-refractivity contribution in [3.63, 3.8) is 0 Å². The summed E-state index contributed by atoms with van der Waals surface area (Å²) in [6, 6.07) is 9.81. The number of nitro benzene ring substituents is 1. The highest BCUT2D eigenvalue weighted by Crippen LogP contribution is 2.29. The molecule has 5 nitrogen and oxygen atoms in total. The van der Waals surface area contributed by atoms with Gasteiger partial charge in [0.15, 0.2) is 10.6 Å². The third kappa shape index (κ3) is 4.48. The lowest BCUT2D eigenvalue weighted by molar-refractivity contribution is -0.384. The molecule has 0 amide bonds. The molecule has 1 fully saturated rings. The van der Waals surface area contributed by atoms with Crippen molar-refractivity contribution < 1.29 is 13.7 Å². The van der Waals surface area contributed by atoms with E-state index in [9.17, 15) is 18.9 Å². The van der Waals surface area contributed by atoms with Crippen LogP contribution in [0.3, 0.4) is 0 Å². The molecule has 1 aromatic heterocycles. The van der Waals surface area contributed by atoms with Gasteiger partial charge in [-0.1, -0.05) is 31.4 Å². The van der Waals surface area contributed by atoms with Crippen molar-refractivity contribution in [2.24, 2.45) is 10.9 Å². The molecule has 0 aliphatic heterocycles. The molecule has 1 aliphatic carbocycles. The van der Waals surface area contributed by atoms with Gasteiger partial charge in [0.1, 0.15) is 11.5 Å². The van der Waals surface area contributed by atoms with Crippen LogP contribution in [0.2, 0.25) is 0 Å². The van der Waals surface area contributed by atoms with E-state index in [-0.39, 0.29) is 11.4 Å². The summed E-state index contributed by atoms with van der Waals surface area (Å²) >= 11 is 1.35. The molecule has 0 atom stereocenters. The quantitative estimate of drug-likeness (QED) is 0.357. The molecule has 156 valence electrons. The van der Waals surface area contributed by atoms with Gasteiger partial charge in [0.05, 0.1) is 10.6 Å². The van der Waals surface area contributed by atoms with Crippen molar-refractivity contribution in [1.29, 1.82) is 0 Å². The zero-order valence-electron chi connectivity index (χ0n) is 16.3. The van der Waals surface area contributed by atoms with Crippen LogP contribution in [0.5, 0.6) is 0 Å². The Bertz CT molecular complexity index is 1130. The minimum atomic E-state index is -0.718. The number of rotatable bonds is 5. The minimum absolute atomic E-state index is 0.0194. The highest BCUT2D eigenvalue weighted by Gasteiger charge is 2.18. The van der Waals surface area contributed by atoms with Crippen LogP contribution in [-0.4, -0.2) is 9.49 Å². The Morgan fingerprint density at radius 2 is 1.93 bits per heavy atom. The molecule has 30 heavy (non-hydrogen) atoms. The van der Waals surface area contributed by atoms with Crippen LogP contribution in [0.1, 0.15) is 32.1 Å². The summed E-state index contributed by atoms with van der Waals surface area (Å²) in [5.74, 6) is -0.891.